The van der Waals surface area contributed by atoms with Crippen molar-refractivity contribution in [1.29, 1.82) is 0 Å². The van der Waals surface area contributed by atoms with E-state index in [1.165, 1.54) is 0 Å². The van der Waals surface area contributed by atoms with E-state index in [1.807, 2.05) is 50.2 Å². The second-order valence-corrected chi connectivity index (χ2v) is 7.63. The average Bonchev–Trinajstić information content (AvgIpc) is 2.70. The number of ether oxygens (including phenoxy) is 1. The summed E-state index contributed by atoms with van der Waals surface area (Å²) in [6, 6.07) is 10.6. The van der Waals surface area contributed by atoms with Gasteiger partial charge in [-0.15, -0.1) is 0 Å². The Bertz CT molecular complexity index is 824. The SMILES string of the molecule is CC(C)CC(=O)Nc1ccc(C2OCC(=O)N(Cc3cccnc3)C2CO)cc1. The first-order valence-corrected chi connectivity index (χ1v) is 9.78. The van der Waals surface area contributed by atoms with Gasteiger partial charge in [-0.25, -0.2) is 0 Å². The minimum Gasteiger partial charge on any atom is -0.394 e. The number of benzene rings is 1. The highest BCUT2D eigenvalue weighted by atomic mass is 16.5. The van der Waals surface area contributed by atoms with E-state index >= 15 is 0 Å². The van der Waals surface area contributed by atoms with Gasteiger partial charge in [0.25, 0.3) is 0 Å². The van der Waals surface area contributed by atoms with Crippen molar-refractivity contribution in [3.63, 3.8) is 0 Å². The molecule has 0 bridgehead atoms. The standard InChI is InChI=1S/C22H27N3O4/c1-15(2)10-20(27)24-18-7-5-17(6-8-18)22-19(13-26)25(21(28)14-29-22)12-16-4-3-9-23-11-16/h3-9,11,15,19,22,26H,10,12-14H2,1-2H3,(H,24,27). The van der Waals surface area contributed by atoms with Crippen molar-refractivity contribution in [3.05, 3.63) is 59.9 Å². The maximum Gasteiger partial charge on any atom is 0.249 e. The molecule has 1 fully saturated rings. The van der Waals surface area contributed by atoms with Crippen LogP contribution >= 0.6 is 0 Å². The number of aliphatic hydroxyl groups excluding tert-OH is 1. The fourth-order valence-electron chi connectivity index (χ4n) is 3.45. The number of nitrogens with zero attached hydrogens (tertiary/aromatic N) is 2. The van der Waals surface area contributed by atoms with E-state index in [0.717, 1.165) is 11.1 Å². The highest BCUT2D eigenvalue weighted by molar-refractivity contribution is 5.90. The number of amides is 2. The predicted molar refractivity (Wildman–Crippen MR) is 109 cm³/mol. The third-order valence-corrected chi connectivity index (χ3v) is 4.84. The molecule has 1 saturated heterocycles. The van der Waals surface area contributed by atoms with Crippen LogP contribution in [-0.2, 0) is 20.9 Å². The quantitative estimate of drug-likeness (QED) is 0.749. The normalized spacial score (nSPS) is 19.4. The fraction of sp³-hybridized carbons (Fsp3) is 0.409. The molecule has 0 aliphatic carbocycles. The van der Waals surface area contributed by atoms with Crippen molar-refractivity contribution < 1.29 is 19.4 Å². The maximum atomic E-state index is 12.4. The number of nitrogens with one attached hydrogen (secondary N) is 1. The average molecular weight is 397 g/mol. The van der Waals surface area contributed by atoms with E-state index in [2.05, 4.69) is 10.3 Å². The van der Waals surface area contributed by atoms with Crippen molar-refractivity contribution in [3.8, 4) is 0 Å². The summed E-state index contributed by atoms with van der Waals surface area (Å²) in [6.07, 6.45) is 3.40. The van der Waals surface area contributed by atoms with Crippen molar-refractivity contribution in [1.82, 2.24) is 9.88 Å². The van der Waals surface area contributed by atoms with Crippen LogP contribution in [0.5, 0.6) is 0 Å². The van der Waals surface area contributed by atoms with Gasteiger partial charge in [0, 0.05) is 31.0 Å². The zero-order chi connectivity index (χ0) is 20.8. The first kappa shape index (κ1) is 21.0. The lowest BCUT2D eigenvalue weighted by molar-refractivity contribution is -0.162. The van der Waals surface area contributed by atoms with Crippen LogP contribution in [0, 0.1) is 5.92 Å². The third kappa shape index (κ3) is 5.40. The Morgan fingerprint density at radius 2 is 2.07 bits per heavy atom. The number of aliphatic hydroxyl groups is 1. The van der Waals surface area contributed by atoms with Crippen molar-refractivity contribution in [2.75, 3.05) is 18.5 Å². The van der Waals surface area contributed by atoms with Gasteiger partial charge in [0.1, 0.15) is 12.7 Å². The molecule has 3 rings (SSSR count). The predicted octanol–water partition coefficient (Wildman–Crippen LogP) is 2.53. The molecule has 29 heavy (non-hydrogen) atoms. The van der Waals surface area contributed by atoms with E-state index in [0.29, 0.717) is 24.6 Å². The molecule has 7 heteroatoms. The number of carbonyl (C=O) groups is 2. The fourth-order valence-corrected chi connectivity index (χ4v) is 3.45. The summed E-state index contributed by atoms with van der Waals surface area (Å²) in [7, 11) is 0. The zero-order valence-corrected chi connectivity index (χ0v) is 16.7. The Balaban J connectivity index is 1.73. The largest absolute Gasteiger partial charge is 0.394 e. The van der Waals surface area contributed by atoms with E-state index in [1.54, 1.807) is 17.3 Å². The third-order valence-electron chi connectivity index (χ3n) is 4.84. The Hall–Kier alpha value is -2.77. The van der Waals surface area contributed by atoms with Gasteiger partial charge in [-0.1, -0.05) is 32.0 Å². The van der Waals surface area contributed by atoms with E-state index in [4.69, 9.17) is 4.74 Å². The van der Waals surface area contributed by atoms with Crippen LogP contribution in [0.25, 0.3) is 0 Å². The number of pyridine rings is 1. The summed E-state index contributed by atoms with van der Waals surface area (Å²) in [5, 5.41) is 12.9. The molecule has 2 atom stereocenters. The van der Waals surface area contributed by atoms with Gasteiger partial charge in [0.2, 0.25) is 11.8 Å². The van der Waals surface area contributed by atoms with Gasteiger partial charge in [-0.3, -0.25) is 14.6 Å². The molecule has 2 heterocycles. The Labute approximate surface area is 170 Å². The summed E-state index contributed by atoms with van der Waals surface area (Å²) in [5.74, 6) is 0.100. The van der Waals surface area contributed by atoms with E-state index < -0.39 is 12.1 Å². The van der Waals surface area contributed by atoms with Gasteiger partial charge >= 0.3 is 0 Å². The highest BCUT2D eigenvalue weighted by Crippen LogP contribution is 2.30. The molecule has 7 nitrogen and oxygen atoms in total. The molecule has 154 valence electrons. The molecular formula is C22H27N3O4. The number of carbonyl (C=O) groups excluding carboxylic acids is 2. The molecule has 2 aromatic rings. The van der Waals surface area contributed by atoms with Crippen molar-refractivity contribution >= 4 is 17.5 Å². The summed E-state index contributed by atoms with van der Waals surface area (Å²) >= 11 is 0. The summed E-state index contributed by atoms with van der Waals surface area (Å²) < 4.78 is 5.77. The van der Waals surface area contributed by atoms with Crippen LogP contribution in [0.15, 0.2) is 48.8 Å². The topological polar surface area (TPSA) is 91.8 Å². The molecule has 2 amide bonds. The lowest BCUT2D eigenvalue weighted by atomic mass is 9.98. The molecule has 0 spiro atoms. The second kappa shape index (κ2) is 9.62. The summed E-state index contributed by atoms with van der Waals surface area (Å²) in [5.41, 5.74) is 2.44. The molecule has 1 aliphatic heterocycles. The van der Waals surface area contributed by atoms with Crippen LogP contribution in [0.2, 0.25) is 0 Å². The minimum absolute atomic E-state index is 0.0249. The second-order valence-electron chi connectivity index (χ2n) is 7.63. The Morgan fingerprint density at radius 3 is 2.69 bits per heavy atom. The molecular weight excluding hydrogens is 370 g/mol. The number of anilines is 1. The van der Waals surface area contributed by atoms with Crippen LogP contribution in [0.3, 0.4) is 0 Å². The zero-order valence-electron chi connectivity index (χ0n) is 16.7. The molecule has 1 aromatic heterocycles. The molecule has 0 radical (unpaired) electrons. The van der Waals surface area contributed by atoms with Crippen LogP contribution in [0.4, 0.5) is 5.69 Å². The van der Waals surface area contributed by atoms with Gasteiger partial charge in [-0.05, 0) is 35.2 Å². The number of hydrogen-bond donors (Lipinski definition) is 2. The Morgan fingerprint density at radius 1 is 1.31 bits per heavy atom. The molecule has 0 saturated carbocycles. The first-order chi connectivity index (χ1) is 14.0. The van der Waals surface area contributed by atoms with Crippen LogP contribution in [0.1, 0.15) is 37.5 Å². The van der Waals surface area contributed by atoms with E-state index in [-0.39, 0.29) is 25.0 Å². The van der Waals surface area contributed by atoms with E-state index in [9.17, 15) is 14.7 Å². The lowest BCUT2D eigenvalue weighted by Crippen LogP contribution is -2.52. The first-order valence-electron chi connectivity index (χ1n) is 9.78. The van der Waals surface area contributed by atoms with Crippen LogP contribution in [-0.4, -0.2) is 46.1 Å². The number of hydrogen-bond acceptors (Lipinski definition) is 5. The molecule has 2 unspecified atom stereocenters. The number of aromatic nitrogens is 1. The lowest BCUT2D eigenvalue weighted by Gasteiger charge is -2.40. The molecule has 1 aliphatic rings. The van der Waals surface area contributed by atoms with Gasteiger partial charge in [-0.2, -0.15) is 0 Å². The monoisotopic (exact) mass is 397 g/mol. The molecule has 1 aromatic carbocycles. The minimum atomic E-state index is -0.502. The smallest absolute Gasteiger partial charge is 0.249 e. The van der Waals surface area contributed by atoms with Gasteiger partial charge in [0.05, 0.1) is 12.6 Å². The van der Waals surface area contributed by atoms with Crippen LogP contribution < -0.4 is 5.32 Å². The van der Waals surface area contributed by atoms with Gasteiger partial charge < -0.3 is 20.1 Å². The molecule has 2 N–H and O–H groups in total. The summed E-state index contributed by atoms with van der Waals surface area (Å²) in [4.78, 5) is 30.1. The maximum absolute atomic E-state index is 12.4. The van der Waals surface area contributed by atoms with Crippen molar-refractivity contribution in [2.24, 2.45) is 5.92 Å². The Kier molecular flexibility index (Phi) is 6.95. The van der Waals surface area contributed by atoms with Crippen molar-refractivity contribution in [2.45, 2.75) is 39.0 Å². The highest BCUT2D eigenvalue weighted by Gasteiger charge is 2.37. The summed E-state index contributed by atoms with van der Waals surface area (Å²) in [6.45, 7) is 4.09. The number of morpholine rings is 1. The number of rotatable bonds is 7. The van der Waals surface area contributed by atoms with Gasteiger partial charge in [0.15, 0.2) is 0 Å².